The number of ether oxygens (including phenoxy) is 1. The quantitative estimate of drug-likeness (QED) is 0.251. The van der Waals surface area contributed by atoms with Crippen LogP contribution in [0, 0.1) is 18.8 Å². The Balaban J connectivity index is 0.00000177. The van der Waals surface area contributed by atoms with Gasteiger partial charge in [-0.05, 0) is 43.7 Å². The van der Waals surface area contributed by atoms with Crippen LogP contribution in [0.1, 0.15) is 43.4 Å². The minimum Gasteiger partial charge on any atom is -0.524 e. The van der Waals surface area contributed by atoms with Crippen molar-refractivity contribution in [1.82, 2.24) is 14.5 Å². The number of nitrogens with zero attached hydrogens (tertiary/aromatic N) is 4. The Morgan fingerprint density at radius 1 is 1.09 bits per heavy atom. The second-order valence-corrected chi connectivity index (χ2v) is 6.41. The Morgan fingerprint density at radius 2 is 1.79 bits per heavy atom. The van der Waals surface area contributed by atoms with Gasteiger partial charge >= 0.3 is 0 Å². The van der Waals surface area contributed by atoms with Crippen LogP contribution in [0.5, 0.6) is 5.75 Å². The standard InChI is InChI=1S/C23H23N4O3.C2H6.Y/c1-3-30-26-13-4-6-19-7-9-20(10-8-19)16-27-18(2)14-21(15-23(27)28)29-17-22-24-11-5-12-25-22;1-2;/h5,7-12,14-15H,3,13,16-17H2,1-2H3;1-2H3;/q-1;;. The van der Waals surface area contributed by atoms with Crippen LogP contribution in [0.4, 0.5) is 0 Å². The van der Waals surface area contributed by atoms with Crippen LogP contribution in [0.3, 0.4) is 0 Å². The third kappa shape index (κ3) is 9.97. The van der Waals surface area contributed by atoms with E-state index in [9.17, 15) is 4.79 Å². The van der Waals surface area contributed by atoms with Gasteiger partial charge in [-0.15, -0.1) is 5.92 Å². The zero-order chi connectivity index (χ0) is 23.2. The molecule has 0 aliphatic rings. The number of rotatable bonds is 8. The van der Waals surface area contributed by atoms with E-state index in [1.54, 1.807) is 23.0 Å². The first-order valence-electron chi connectivity index (χ1n) is 10.6. The molecule has 1 radical (unpaired) electrons. The summed E-state index contributed by atoms with van der Waals surface area (Å²) in [6, 6.07) is 12.9. The molecule has 8 heteroatoms. The largest absolute Gasteiger partial charge is 0.524 e. The van der Waals surface area contributed by atoms with Crippen LogP contribution in [0.25, 0.3) is 5.48 Å². The first-order valence-corrected chi connectivity index (χ1v) is 10.6. The summed E-state index contributed by atoms with van der Waals surface area (Å²) in [6.45, 7) is 9.33. The van der Waals surface area contributed by atoms with Gasteiger partial charge in [0.15, 0.2) is 5.82 Å². The number of benzene rings is 1. The Labute approximate surface area is 220 Å². The van der Waals surface area contributed by atoms with Crippen molar-refractivity contribution in [1.29, 1.82) is 0 Å². The molecular formula is C25H29N4O3Y-. The molecule has 1 aromatic carbocycles. The van der Waals surface area contributed by atoms with Gasteiger partial charge < -0.3 is 19.6 Å². The molecule has 2 heterocycles. The summed E-state index contributed by atoms with van der Waals surface area (Å²) in [5.74, 6) is 7.04. The zero-order valence-electron chi connectivity index (χ0n) is 19.6. The summed E-state index contributed by atoms with van der Waals surface area (Å²) in [5, 5.41) is 0. The second kappa shape index (κ2) is 16.3. The first-order chi connectivity index (χ1) is 15.7. The van der Waals surface area contributed by atoms with Crippen LogP contribution >= 0.6 is 0 Å². The molecular weight excluding hydrogens is 493 g/mol. The fourth-order valence-electron chi connectivity index (χ4n) is 2.72. The predicted octanol–water partition coefficient (Wildman–Crippen LogP) is 4.27. The van der Waals surface area contributed by atoms with Gasteiger partial charge in [-0.2, -0.15) is 0 Å². The van der Waals surface area contributed by atoms with E-state index in [1.165, 1.54) is 6.07 Å². The van der Waals surface area contributed by atoms with Gasteiger partial charge in [0.25, 0.3) is 5.56 Å². The number of pyridine rings is 1. The molecule has 3 rings (SSSR count). The first kappa shape index (κ1) is 28.7. The van der Waals surface area contributed by atoms with Gasteiger partial charge in [-0.1, -0.05) is 38.4 Å². The summed E-state index contributed by atoms with van der Waals surface area (Å²) in [5.41, 5.74) is 6.39. The number of aromatic nitrogens is 3. The third-order valence-electron chi connectivity index (χ3n) is 4.19. The maximum absolute atomic E-state index is 12.6. The molecule has 171 valence electrons. The Morgan fingerprint density at radius 3 is 2.42 bits per heavy atom. The van der Waals surface area contributed by atoms with Gasteiger partial charge in [0.05, 0.1) is 6.54 Å². The molecule has 0 fully saturated rings. The van der Waals surface area contributed by atoms with Gasteiger partial charge in [0.1, 0.15) is 12.4 Å². The van der Waals surface area contributed by atoms with E-state index in [1.807, 2.05) is 58.0 Å². The van der Waals surface area contributed by atoms with Gasteiger partial charge in [0, 0.05) is 69.0 Å². The van der Waals surface area contributed by atoms with Gasteiger partial charge in [-0.25, -0.2) is 9.97 Å². The van der Waals surface area contributed by atoms with Crippen LogP contribution in [-0.4, -0.2) is 27.7 Å². The number of aryl methyl sites for hydroxylation is 1. The predicted molar refractivity (Wildman–Crippen MR) is 125 cm³/mol. The summed E-state index contributed by atoms with van der Waals surface area (Å²) >= 11 is 0. The molecule has 0 atom stereocenters. The molecule has 0 spiro atoms. The van der Waals surface area contributed by atoms with Crippen molar-refractivity contribution in [2.24, 2.45) is 0 Å². The molecule has 0 N–H and O–H groups in total. The van der Waals surface area contributed by atoms with Crippen molar-refractivity contribution in [3.8, 4) is 17.6 Å². The molecule has 0 amide bonds. The molecule has 3 aromatic rings. The van der Waals surface area contributed by atoms with Crippen LogP contribution in [0.2, 0.25) is 0 Å². The van der Waals surface area contributed by atoms with Gasteiger partial charge in [0.2, 0.25) is 0 Å². The zero-order valence-corrected chi connectivity index (χ0v) is 22.5. The SMILES string of the molecule is CC.CCO[N-]CC#Cc1ccc(Cn2c(C)cc(OCc3ncccn3)cc2=O)cc1.[Y]. The molecule has 0 bridgehead atoms. The van der Waals surface area contributed by atoms with Crippen molar-refractivity contribution < 1.29 is 42.3 Å². The average Bonchev–Trinajstić information content (AvgIpc) is 2.83. The Kier molecular flexibility index (Phi) is 14.1. The molecule has 7 nitrogen and oxygen atoms in total. The van der Waals surface area contributed by atoms with E-state index in [-0.39, 0.29) is 44.9 Å². The Bertz CT molecular complexity index is 1070. The summed E-state index contributed by atoms with van der Waals surface area (Å²) in [4.78, 5) is 25.7. The van der Waals surface area contributed by atoms with Crippen LogP contribution in [-0.2, 0) is 50.7 Å². The molecule has 0 aliphatic heterocycles. The fourth-order valence-corrected chi connectivity index (χ4v) is 2.72. The minimum atomic E-state index is -0.125. The van der Waals surface area contributed by atoms with Crippen LogP contribution in [0.15, 0.2) is 59.7 Å². The van der Waals surface area contributed by atoms with Crippen molar-refractivity contribution in [2.75, 3.05) is 13.2 Å². The molecule has 0 unspecified atom stereocenters. The van der Waals surface area contributed by atoms with E-state index >= 15 is 0 Å². The summed E-state index contributed by atoms with van der Waals surface area (Å²) in [7, 11) is 0. The Hall–Kier alpha value is -2.37. The molecule has 0 saturated heterocycles. The van der Waals surface area contributed by atoms with E-state index in [4.69, 9.17) is 9.57 Å². The number of hydrogen-bond donors (Lipinski definition) is 0. The van der Waals surface area contributed by atoms with E-state index < -0.39 is 0 Å². The van der Waals surface area contributed by atoms with Crippen LogP contribution < -0.4 is 10.3 Å². The van der Waals surface area contributed by atoms with Gasteiger partial charge in [-0.3, -0.25) is 4.79 Å². The van der Waals surface area contributed by atoms with E-state index in [2.05, 4.69) is 27.3 Å². The topological polar surface area (TPSA) is 80.3 Å². The second-order valence-electron chi connectivity index (χ2n) is 6.41. The van der Waals surface area contributed by atoms with Crippen molar-refractivity contribution in [3.63, 3.8) is 0 Å². The monoisotopic (exact) mass is 522 g/mol. The molecule has 33 heavy (non-hydrogen) atoms. The van der Waals surface area contributed by atoms with Crippen molar-refractivity contribution in [3.05, 3.63) is 93.3 Å². The number of hydrogen-bond acceptors (Lipinski definition) is 5. The average molecular weight is 522 g/mol. The smallest absolute Gasteiger partial charge is 0.254 e. The summed E-state index contributed by atoms with van der Waals surface area (Å²) in [6.07, 6.45) is 3.31. The normalized spacial score (nSPS) is 9.58. The summed E-state index contributed by atoms with van der Waals surface area (Å²) < 4.78 is 7.37. The van der Waals surface area contributed by atoms with E-state index in [0.29, 0.717) is 31.3 Å². The molecule has 2 aromatic heterocycles. The van der Waals surface area contributed by atoms with Crippen molar-refractivity contribution >= 4 is 0 Å². The maximum Gasteiger partial charge on any atom is 0.254 e. The molecule has 0 aliphatic carbocycles. The van der Waals surface area contributed by atoms with Crippen molar-refractivity contribution in [2.45, 2.75) is 40.8 Å². The number of hydroxylamine groups is 1. The third-order valence-corrected chi connectivity index (χ3v) is 4.19. The van der Waals surface area contributed by atoms with E-state index in [0.717, 1.165) is 16.8 Å². The fraction of sp³-hybridized carbons (Fsp3) is 0.320. The minimum absolute atomic E-state index is 0. The maximum atomic E-state index is 12.6. The molecule has 0 saturated carbocycles.